The van der Waals surface area contributed by atoms with E-state index in [9.17, 15) is 4.57 Å². The minimum atomic E-state index is -3.63. The van der Waals surface area contributed by atoms with E-state index in [1.54, 1.807) is 0 Å². The SMILES string of the molecule is CCCCCCCCCCCCOP(=O)(OCc1ccccc1)OCc1ccccc1. The Morgan fingerprint density at radius 1 is 0.581 bits per heavy atom. The molecule has 2 aromatic carbocycles. The molecule has 31 heavy (non-hydrogen) atoms. The van der Waals surface area contributed by atoms with E-state index in [-0.39, 0.29) is 13.2 Å². The zero-order valence-electron chi connectivity index (χ0n) is 19.0. The van der Waals surface area contributed by atoms with E-state index in [1.165, 1.54) is 51.4 Å². The summed E-state index contributed by atoms with van der Waals surface area (Å²) in [7, 11) is -3.63. The van der Waals surface area contributed by atoms with Crippen molar-refractivity contribution in [3.63, 3.8) is 0 Å². The number of rotatable bonds is 18. The zero-order valence-corrected chi connectivity index (χ0v) is 19.9. The Kier molecular flexibility index (Phi) is 13.5. The Morgan fingerprint density at radius 3 is 1.45 bits per heavy atom. The molecule has 0 radical (unpaired) electrons. The van der Waals surface area contributed by atoms with Gasteiger partial charge in [-0.2, -0.15) is 0 Å². The van der Waals surface area contributed by atoms with Crippen LogP contribution in [0.15, 0.2) is 60.7 Å². The topological polar surface area (TPSA) is 44.8 Å². The molecule has 0 saturated heterocycles. The molecule has 0 N–H and O–H groups in total. The summed E-state index contributed by atoms with van der Waals surface area (Å²) >= 11 is 0. The molecule has 0 aromatic heterocycles. The molecule has 0 aliphatic rings. The molecule has 0 spiro atoms. The van der Waals surface area contributed by atoms with Crippen molar-refractivity contribution in [2.24, 2.45) is 0 Å². The van der Waals surface area contributed by atoms with Crippen molar-refractivity contribution in [3.05, 3.63) is 71.8 Å². The van der Waals surface area contributed by atoms with Crippen LogP contribution >= 0.6 is 7.82 Å². The first-order valence-electron chi connectivity index (χ1n) is 11.8. The van der Waals surface area contributed by atoms with Gasteiger partial charge in [0, 0.05) is 0 Å². The molecule has 0 amide bonds. The summed E-state index contributed by atoms with van der Waals surface area (Å²) < 4.78 is 30.1. The maximum Gasteiger partial charge on any atom is 0.475 e. The number of benzene rings is 2. The second kappa shape index (κ2) is 16.2. The number of unbranched alkanes of at least 4 members (excludes halogenated alkanes) is 9. The third-order valence-electron chi connectivity index (χ3n) is 5.21. The molecule has 0 aliphatic carbocycles. The second-order valence-electron chi connectivity index (χ2n) is 7.98. The van der Waals surface area contributed by atoms with Gasteiger partial charge in [-0.15, -0.1) is 0 Å². The lowest BCUT2D eigenvalue weighted by molar-refractivity contribution is 0.101. The van der Waals surface area contributed by atoms with E-state index in [2.05, 4.69) is 6.92 Å². The number of hydrogen-bond donors (Lipinski definition) is 0. The van der Waals surface area contributed by atoms with Crippen molar-refractivity contribution < 1.29 is 18.1 Å². The molecule has 172 valence electrons. The van der Waals surface area contributed by atoms with Crippen LogP contribution < -0.4 is 0 Å². The highest BCUT2D eigenvalue weighted by Crippen LogP contribution is 2.51. The summed E-state index contributed by atoms with van der Waals surface area (Å²) in [5.41, 5.74) is 1.88. The van der Waals surface area contributed by atoms with Gasteiger partial charge >= 0.3 is 7.82 Å². The van der Waals surface area contributed by atoms with Crippen LogP contribution in [0.4, 0.5) is 0 Å². The molecule has 2 rings (SSSR count). The van der Waals surface area contributed by atoms with Crippen LogP contribution in [-0.2, 0) is 31.4 Å². The van der Waals surface area contributed by atoms with Crippen LogP contribution in [0, 0.1) is 0 Å². The molecule has 0 saturated carbocycles. The second-order valence-corrected chi connectivity index (χ2v) is 9.65. The van der Waals surface area contributed by atoms with Gasteiger partial charge in [0.1, 0.15) is 0 Å². The molecular formula is C26H39O4P. The van der Waals surface area contributed by atoms with Crippen molar-refractivity contribution in [1.29, 1.82) is 0 Å². The highest BCUT2D eigenvalue weighted by molar-refractivity contribution is 7.48. The maximum absolute atomic E-state index is 13.2. The summed E-state index contributed by atoms with van der Waals surface area (Å²) in [4.78, 5) is 0. The molecule has 0 heterocycles. The third-order valence-corrected chi connectivity index (χ3v) is 6.60. The van der Waals surface area contributed by atoms with E-state index >= 15 is 0 Å². The normalized spacial score (nSPS) is 11.6. The predicted octanol–water partition coefficient (Wildman–Crippen LogP) is 8.47. The van der Waals surface area contributed by atoms with Gasteiger partial charge < -0.3 is 0 Å². The zero-order chi connectivity index (χ0) is 22.0. The lowest BCUT2D eigenvalue weighted by Crippen LogP contribution is -2.03. The van der Waals surface area contributed by atoms with Crippen LogP contribution in [0.3, 0.4) is 0 Å². The van der Waals surface area contributed by atoms with Gasteiger partial charge in [-0.25, -0.2) is 4.57 Å². The Labute approximate surface area is 188 Å². The quantitative estimate of drug-likeness (QED) is 0.170. The van der Waals surface area contributed by atoms with E-state index < -0.39 is 7.82 Å². The first kappa shape index (κ1) is 25.8. The average Bonchev–Trinajstić information content (AvgIpc) is 2.81. The standard InChI is InChI=1S/C26H39O4P/c1-2-3-4-5-6-7-8-9-10-17-22-28-31(27,29-23-25-18-13-11-14-19-25)30-24-26-20-15-12-16-21-26/h11-16,18-21H,2-10,17,22-24H2,1H3. The number of hydrogen-bond acceptors (Lipinski definition) is 4. The van der Waals surface area contributed by atoms with E-state index in [1.807, 2.05) is 60.7 Å². The van der Waals surface area contributed by atoms with E-state index in [0.29, 0.717) is 6.61 Å². The molecule has 0 aliphatic heterocycles. The van der Waals surface area contributed by atoms with Crippen LogP contribution in [0.25, 0.3) is 0 Å². The summed E-state index contributed by atoms with van der Waals surface area (Å²) in [6.45, 7) is 3.04. The third kappa shape index (κ3) is 12.2. The maximum atomic E-state index is 13.2. The van der Waals surface area contributed by atoms with Gasteiger partial charge in [0.25, 0.3) is 0 Å². The molecular weight excluding hydrogens is 407 g/mol. The molecule has 0 atom stereocenters. The van der Waals surface area contributed by atoms with Gasteiger partial charge in [-0.1, -0.05) is 125 Å². The van der Waals surface area contributed by atoms with Crippen LogP contribution in [0.2, 0.25) is 0 Å². The summed E-state index contributed by atoms with van der Waals surface area (Å²) in [5.74, 6) is 0. The number of phosphoric acid groups is 1. The predicted molar refractivity (Wildman–Crippen MR) is 128 cm³/mol. The number of phosphoric ester groups is 1. The fourth-order valence-electron chi connectivity index (χ4n) is 3.33. The fourth-order valence-corrected chi connectivity index (χ4v) is 4.52. The Hall–Kier alpha value is -1.45. The Morgan fingerprint density at radius 2 is 1.00 bits per heavy atom. The molecule has 5 heteroatoms. The van der Waals surface area contributed by atoms with Crippen molar-refractivity contribution in [2.75, 3.05) is 6.61 Å². The van der Waals surface area contributed by atoms with Crippen LogP contribution in [-0.4, -0.2) is 6.61 Å². The average molecular weight is 447 g/mol. The lowest BCUT2D eigenvalue weighted by Gasteiger charge is -2.18. The Balaban J connectivity index is 1.69. The fraction of sp³-hybridized carbons (Fsp3) is 0.538. The van der Waals surface area contributed by atoms with Gasteiger partial charge in [0.2, 0.25) is 0 Å². The lowest BCUT2D eigenvalue weighted by atomic mass is 10.1. The summed E-state index contributed by atoms with van der Waals surface area (Å²) in [5, 5.41) is 0. The highest BCUT2D eigenvalue weighted by atomic mass is 31.2. The molecule has 0 fully saturated rings. The van der Waals surface area contributed by atoms with Crippen molar-refractivity contribution in [2.45, 2.75) is 84.3 Å². The van der Waals surface area contributed by atoms with Crippen LogP contribution in [0.5, 0.6) is 0 Å². The van der Waals surface area contributed by atoms with Crippen LogP contribution in [0.1, 0.15) is 82.3 Å². The first-order valence-corrected chi connectivity index (χ1v) is 13.3. The highest BCUT2D eigenvalue weighted by Gasteiger charge is 2.26. The largest absolute Gasteiger partial charge is 0.475 e. The first-order chi connectivity index (χ1) is 15.2. The molecule has 4 nitrogen and oxygen atoms in total. The minimum absolute atomic E-state index is 0.199. The minimum Gasteiger partial charge on any atom is -0.287 e. The molecule has 0 bridgehead atoms. The molecule has 0 unspecified atom stereocenters. The van der Waals surface area contributed by atoms with Crippen molar-refractivity contribution in [1.82, 2.24) is 0 Å². The Bertz CT molecular complexity index is 673. The van der Waals surface area contributed by atoms with Gasteiger partial charge in [0.05, 0.1) is 19.8 Å². The van der Waals surface area contributed by atoms with Gasteiger partial charge in [0.15, 0.2) is 0 Å². The molecule has 2 aromatic rings. The van der Waals surface area contributed by atoms with Crippen molar-refractivity contribution >= 4 is 7.82 Å². The summed E-state index contributed by atoms with van der Waals surface area (Å²) in [6, 6.07) is 19.3. The smallest absolute Gasteiger partial charge is 0.287 e. The van der Waals surface area contributed by atoms with Gasteiger partial charge in [-0.05, 0) is 17.5 Å². The monoisotopic (exact) mass is 446 g/mol. The van der Waals surface area contributed by atoms with Gasteiger partial charge in [-0.3, -0.25) is 13.6 Å². The van der Waals surface area contributed by atoms with Crippen molar-refractivity contribution in [3.8, 4) is 0 Å². The van der Waals surface area contributed by atoms with E-state index in [0.717, 1.165) is 24.0 Å². The summed E-state index contributed by atoms with van der Waals surface area (Å²) in [6.07, 6.45) is 12.4. The van der Waals surface area contributed by atoms with E-state index in [4.69, 9.17) is 13.6 Å².